The van der Waals surface area contributed by atoms with Crippen LogP contribution in [0.2, 0.25) is 0 Å². The van der Waals surface area contributed by atoms with Gasteiger partial charge in [-0.3, -0.25) is 0 Å². The van der Waals surface area contributed by atoms with E-state index in [2.05, 4.69) is 15.4 Å². The van der Waals surface area contributed by atoms with Gasteiger partial charge in [-0.25, -0.2) is 4.79 Å². The summed E-state index contributed by atoms with van der Waals surface area (Å²) in [4.78, 5) is 11.4. The summed E-state index contributed by atoms with van der Waals surface area (Å²) in [5.74, 6) is -0.115. The van der Waals surface area contributed by atoms with Crippen molar-refractivity contribution in [3.05, 3.63) is 29.8 Å². The summed E-state index contributed by atoms with van der Waals surface area (Å²) in [6, 6.07) is 4.96. The lowest BCUT2D eigenvalue weighted by molar-refractivity contribution is -0.204. The molecule has 2 amide bonds. The smallest absolute Gasteiger partial charge is 0.414 e. The van der Waals surface area contributed by atoms with Crippen molar-refractivity contribution >= 4 is 6.03 Å². The molecular weight excluding hydrogens is 327 g/mol. The molecule has 1 aromatic carbocycles. The number of carbonyl (C=O) groups excluding carboxylic acids is 1. The lowest BCUT2D eigenvalue weighted by Gasteiger charge is -2.15. The molecule has 23 heavy (non-hydrogen) atoms. The van der Waals surface area contributed by atoms with Crippen LogP contribution in [0.4, 0.5) is 26.7 Å². The number of halogens is 5. The van der Waals surface area contributed by atoms with Gasteiger partial charge >= 0.3 is 18.8 Å². The van der Waals surface area contributed by atoms with E-state index < -0.39 is 37.9 Å². The van der Waals surface area contributed by atoms with Crippen molar-refractivity contribution in [2.45, 2.75) is 31.9 Å². The number of aliphatic hydroxyl groups is 1. The number of nitrogens with one attached hydrogen (secondary N) is 2. The number of para-hydroxylation sites is 1. The van der Waals surface area contributed by atoms with Gasteiger partial charge in [0.05, 0.1) is 0 Å². The molecule has 0 saturated heterocycles. The van der Waals surface area contributed by atoms with Gasteiger partial charge in [0.15, 0.2) is 6.10 Å². The summed E-state index contributed by atoms with van der Waals surface area (Å²) >= 11 is 0. The highest BCUT2D eigenvalue weighted by Gasteiger charge is 2.37. The van der Waals surface area contributed by atoms with E-state index in [0.29, 0.717) is 0 Å². The van der Waals surface area contributed by atoms with Crippen molar-refractivity contribution < 1.29 is 36.6 Å². The minimum atomic E-state index is -4.75. The highest BCUT2D eigenvalue weighted by Crippen LogP contribution is 2.22. The maximum atomic E-state index is 12.2. The highest BCUT2D eigenvalue weighted by atomic mass is 19.4. The second kappa shape index (κ2) is 8.51. The molecule has 0 bridgehead atoms. The topological polar surface area (TPSA) is 70.6 Å². The second-order valence-electron chi connectivity index (χ2n) is 4.44. The zero-order valence-electron chi connectivity index (χ0n) is 11.7. The van der Waals surface area contributed by atoms with Gasteiger partial charge in [0.2, 0.25) is 0 Å². The molecule has 0 heterocycles. The minimum absolute atomic E-state index is 0.115. The Kier molecular flexibility index (Phi) is 7.01. The largest absolute Gasteiger partial charge is 0.434 e. The first-order valence-electron chi connectivity index (χ1n) is 6.49. The number of hydrogen-bond acceptors (Lipinski definition) is 3. The number of ether oxygens (including phenoxy) is 1. The fourth-order valence-corrected chi connectivity index (χ4v) is 1.58. The van der Waals surface area contributed by atoms with E-state index in [9.17, 15) is 26.7 Å². The van der Waals surface area contributed by atoms with Crippen LogP contribution in [0, 0.1) is 0 Å². The van der Waals surface area contributed by atoms with Crippen LogP contribution in [0.15, 0.2) is 24.3 Å². The predicted molar refractivity (Wildman–Crippen MR) is 70.0 cm³/mol. The Morgan fingerprint density at radius 3 is 2.48 bits per heavy atom. The van der Waals surface area contributed by atoms with Gasteiger partial charge < -0.3 is 20.5 Å². The van der Waals surface area contributed by atoms with E-state index in [-0.39, 0.29) is 17.9 Å². The molecule has 0 aromatic heterocycles. The van der Waals surface area contributed by atoms with Gasteiger partial charge in [-0.05, 0) is 12.5 Å². The summed E-state index contributed by atoms with van der Waals surface area (Å²) in [6.07, 6.45) is -7.96. The number of urea groups is 1. The fourth-order valence-electron chi connectivity index (χ4n) is 1.58. The van der Waals surface area contributed by atoms with E-state index in [0.717, 1.165) is 0 Å². The standard InChI is InChI=1S/C13H15F5N2O3/c14-11(15)23-9-4-2-1-3-8(9)7-20-12(22)19-6-5-10(21)13(16,17)18/h1-4,10-11,21H,5-7H2,(H2,19,20,22)/t10-/m1/s1. The first-order chi connectivity index (χ1) is 10.7. The molecule has 130 valence electrons. The third-order valence-corrected chi connectivity index (χ3v) is 2.71. The summed E-state index contributed by atoms with van der Waals surface area (Å²) in [6.45, 7) is -3.58. The lowest BCUT2D eigenvalue weighted by atomic mass is 10.2. The molecule has 3 N–H and O–H groups in total. The van der Waals surface area contributed by atoms with E-state index >= 15 is 0 Å². The molecule has 1 atom stereocenters. The van der Waals surface area contributed by atoms with Gasteiger partial charge in [-0.15, -0.1) is 0 Å². The Morgan fingerprint density at radius 1 is 1.22 bits per heavy atom. The Hall–Kier alpha value is -2.10. The summed E-state index contributed by atoms with van der Waals surface area (Å²) in [5, 5.41) is 13.1. The Balaban J connectivity index is 2.39. The van der Waals surface area contributed by atoms with Gasteiger partial charge in [-0.2, -0.15) is 22.0 Å². The van der Waals surface area contributed by atoms with E-state index in [1.165, 1.54) is 18.2 Å². The molecule has 0 aliphatic heterocycles. The average molecular weight is 342 g/mol. The molecule has 0 saturated carbocycles. The van der Waals surface area contributed by atoms with Gasteiger partial charge in [0, 0.05) is 18.7 Å². The van der Waals surface area contributed by atoms with Crippen LogP contribution in [-0.2, 0) is 6.54 Å². The Labute approximate surface area is 128 Å². The molecule has 0 radical (unpaired) electrons. The van der Waals surface area contributed by atoms with Crippen molar-refractivity contribution in [1.29, 1.82) is 0 Å². The van der Waals surface area contributed by atoms with Crippen LogP contribution in [-0.4, -0.2) is 36.6 Å². The average Bonchev–Trinajstić information content (AvgIpc) is 2.44. The van der Waals surface area contributed by atoms with Crippen molar-refractivity contribution in [2.75, 3.05) is 6.54 Å². The molecule has 10 heteroatoms. The van der Waals surface area contributed by atoms with Crippen molar-refractivity contribution in [3.8, 4) is 5.75 Å². The fraction of sp³-hybridized carbons (Fsp3) is 0.462. The minimum Gasteiger partial charge on any atom is -0.434 e. The maximum absolute atomic E-state index is 12.2. The van der Waals surface area contributed by atoms with Gasteiger partial charge in [0.1, 0.15) is 5.75 Å². The monoisotopic (exact) mass is 342 g/mol. The van der Waals surface area contributed by atoms with Crippen LogP contribution in [0.25, 0.3) is 0 Å². The predicted octanol–water partition coefficient (Wildman–Crippen LogP) is 2.40. The third-order valence-electron chi connectivity index (χ3n) is 2.71. The zero-order valence-corrected chi connectivity index (χ0v) is 11.7. The SMILES string of the molecule is O=C(NCC[C@@H](O)C(F)(F)F)NCc1ccccc1OC(F)F. The number of benzene rings is 1. The molecule has 0 aliphatic carbocycles. The quantitative estimate of drug-likeness (QED) is 0.667. The molecular formula is C13H15F5N2O3. The molecule has 0 unspecified atom stereocenters. The molecule has 0 fully saturated rings. The van der Waals surface area contributed by atoms with Crippen LogP contribution in [0.3, 0.4) is 0 Å². The van der Waals surface area contributed by atoms with Crippen LogP contribution < -0.4 is 15.4 Å². The Bertz CT molecular complexity index is 511. The molecule has 5 nitrogen and oxygen atoms in total. The number of rotatable bonds is 7. The number of carbonyl (C=O) groups is 1. The molecule has 1 aromatic rings. The van der Waals surface area contributed by atoms with E-state index in [1.54, 1.807) is 6.07 Å². The number of amides is 2. The molecule has 0 aliphatic rings. The van der Waals surface area contributed by atoms with Crippen LogP contribution >= 0.6 is 0 Å². The first kappa shape index (κ1) is 18.9. The van der Waals surface area contributed by atoms with Crippen LogP contribution in [0.1, 0.15) is 12.0 Å². The van der Waals surface area contributed by atoms with Crippen LogP contribution in [0.5, 0.6) is 5.75 Å². The van der Waals surface area contributed by atoms with E-state index in [4.69, 9.17) is 5.11 Å². The Morgan fingerprint density at radius 2 is 1.87 bits per heavy atom. The summed E-state index contributed by atoms with van der Waals surface area (Å²) in [7, 11) is 0. The van der Waals surface area contributed by atoms with Crippen molar-refractivity contribution in [3.63, 3.8) is 0 Å². The van der Waals surface area contributed by atoms with Crippen molar-refractivity contribution in [1.82, 2.24) is 10.6 Å². The lowest BCUT2D eigenvalue weighted by Crippen LogP contribution is -2.38. The zero-order chi connectivity index (χ0) is 17.5. The van der Waals surface area contributed by atoms with Crippen molar-refractivity contribution in [2.24, 2.45) is 0 Å². The summed E-state index contributed by atoms with van der Waals surface area (Å²) < 4.78 is 64.8. The first-order valence-corrected chi connectivity index (χ1v) is 6.49. The van der Waals surface area contributed by atoms with Gasteiger partial charge in [-0.1, -0.05) is 18.2 Å². The molecule has 0 spiro atoms. The summed E-state index contributed by atoms with van der Waals surface area (Å²) in [5.41, 5.74) is 0.276. The second-order valence-corrected chi connectivity index (χ2v) is 4.44. The number of hydrogen-bond donors (Lipinski definition) is 3. The maximum Gasteiger partial charge on any atom is 0.414 e. The highest BCUT2D eigenvalue weighted by molar-refractivity contribution is 5.73. The van der Waals surface area contributed by atoms with E-state index in [1.807, 2.05) is 0 Å². The number of alkyl halides is 5. The van der Waals surface area contributed by atoms with Gasteiger partial charge in [0.25, 0.3) is 0 Å². The number of aliphatic hydroxyl groups excluding tert-OH is 1. The normalized spacial score (nSPS) is 12.8. The third kappa shape index (κ3) is 7.13. The molecule has 1 rings (SSSR count).